The molecule has 3 aromatic carbocycles. The van der Waals surface area contributed by atoms with Crippen molar-refractivity contribution in [3.05, 3.63) is 72.3 Å². The highest BCUT2D eigenvalue weighted by Crippen LogP contribution is 2.65. The predicted molar refractivity (Wildman–Crippen MR) is 145 cm³/mol. The maximum Gasteiger partial charge on any atom is 0.0720 e. The van der Waals surface area contributed by atoms with E-state index in [-0.39, 0.29) is 5.16 Å². The standard InChI is InChI=1S/C29H36N3P/c1-6-32-27-12-8-7-11-25(27)26-21-24(17-18-28(26)32)33(29(3,4)5,31-19-9-10-20-31)30-23-15-13-22(2)14-16-23/h7-8,11-18,21H,6,9-10,19-20H2,1-5H3/t33-/m1/s1. The third-order valence-corrected chi connectivity index (χ3v) is 11.8. The zero-order chi connectivity index (χ0) is 23.2. The first-order valence-corrected chi connectivity index (χ1v) is 14.0. The molecule has 5 rings (SSSR count). The van der Waals surface area contributed by atoms with Gasteiger partial charge in [0.25, 0.3) is 0 Å². The van der Waals surface area contributed by atoms with Gasteiger partial charge in [-0.3, -0.25) is 4.67 Å². The Morgan fingerprint density at radius 1 is 0.848 bits per heavy atom. The highest BCUT2D eigenvalue weighted by Gasteiger charge is 2.42. The molecule has 0 aliphatic carbocycles. The highest BCUT2D eigenvalue weighted by atomic mass is 31.2. The van der Waals surface area contributed by atoms with E-state index in [9.17, 15) is 0 Å². The summed E-state index contributed by atoms with van der Waals surface area (Å²) in [7, 11) is -2.05. The molecule has 33 heavy (non-hydrogen) atoms. The number of aromatic nitrogens is 1. The summed E-state index contributed by atoms with van der Waals surface area (Å²) in [6.45, 7) is 14.8. The molecule has 3 nitrogen and oxygen atoms in total. The Labute approximate surface area is 198 Å². The van der Waals surface area contributed by atoms with Crippen LogP contribution in [0.4, 0.5) is 5.69 Å². The molecule has 4 heteroatoms. The summed E-state index contributed by atoms with van der Waals surface area (Å²) in [4.78, 5) is 0. The Morgan fingerprint density at radius 2 is 1.52 bits per heavy atom. The van der Waals surface area contributed by atoms with Gasteiger partial charge in [-0.05, 0) is 63.1 Å². The molecule has 0 bridgehead atoms. The second kappa shape index (κ2) is 8.46. The van der Waals surface area contributed by atoms with Crippen LogP contribution in [-0.2, 0) is 6.54 Å². The van der Waals surface area contributed by atoms with Crippen molar-refractivity contribution in [2.75, 3.05) is 13.1 Å². The van der Waals surface area contributed by atoms with Crippen LogP contribution in [0.3, 0.4) is 0 Å². The average Bonchev–Trinajstić information content (AvgIpc) is 3.44. The van der Waals surface area contributed by atoms with Crippen LogP contribution in [0.15, 0.2) is 71.5 Å². The number of para-hydroxylation sites is 1. The van der Waals surface area contributed by atoms with Gasteiger partial charge < -0.3 is 4.57 Å². The monoisotopic (exact) mass is 457 g/mol. The van der Waals surface area contributed by atoms with Crippen LogP contribution >= 0.6 is 7.21 Å². The summed E-state index contributed by atoms with van der Waals surface area (Å²) >= 11 is 0. The molecule has 0 unspecified atom stereocenters. The third kappa shape index (κ3) is 3.66. The molecule has 0 saturated carbocycles. The van der Waals surface area contributed by atoms with E-state index in [1.807, 2.05) is 0 Å². The molecule has 1 aromatic heterocycles. The van der Waals surface area contributed by atoms with Gasteiger partial charge in [-0.25, -0.2) is 4.74 Å². The number of benzene rings is 3. The fraction of sp³-hybridized carbons (Fsp3) is 0.379. The molecular weight excluding hydrogens is 421 g/mol. The number of fused-ring (bicyclic) bond motifs is 3. The summed E-state index contributed by atoms with van der Waals surface area (Å²) in [6.07, 6.45) is 2.53. The van der Waals surface area contributed by atoms with Crippen molar-refractivity contribution < 1.29 is 0 Å². The first-order chi connectivity index (χ1) is 15.8. The van der Waals surface area contributed by atoms with Crippen LogP contribution in [0.5, 0.6) is 0 Å². The van der Waals surface area contributed by atoms with Gasteiger partial charge in [-0.1, -0.05) is 56.7 Å². The zero-order valence-electron chi connectivity index (χ0n) is 20.7. The van der Waals surface area contributed by atoms with E-state index in [1.165, 1.54) is 45.5 Å². The Hall–Kier alpha value is -2.35. The molecule has 1 atom stereocenters. The van der Waals surface area contributed by atoms with Crippen molar-refractivity contribution in [1.29, 1.82) is 0 Å². The number of aryl methyl sites for hydroxylation is 2. The molecule has 172 valence electrons. The SMILES string of the molecule is CCn1c2ccccc2c2cc([P@@](=Nc3ccc(C)cc3)(N3CCCC3)C(C)(C)C)ccc21. The van der Waals surface area contributed by atoms with Gasteiger partial charge in [0, 0.05) is 51.9 Å². The highest BCUT2D eigenvalue weighted by molar-refractivity contribution is 7.73. The minimum atomic E-state index is -2.05. The summed E-state index contributed by atoms with van der Waals surface area (Å²) in [5, 5.41) is 4.14. The zero-order valence-corrected chi connectivity index (χ0v) is 21.6. The van der Waals surface area contributed by atoms with Gasteiger partial charge in [0.1, 0.15) is 0 Å². The largest absolute Gasteiger partial charge is 0.341 e. The van der Waals surface area contributed by atoms with Crippen molar-refractivity contribution in [2.45, 2.75) is 59.2 Å². The fourth-order valence-corrected chi connectivity index (χ4v) is 10.0. The van der Waals surface area contributed by atoms with E-state index >= 15 is 0 Å². The van der Waals surface area contributed by atoms with Gasteiger partial charge in [-0.2, -0.15) is 0 Å². The van der Waals surface area contributed by atoms with Crippen molar-refractivity contribution in [1.82, 2.24) is 9.24 Å². The molecule has 1 saturated heterocycles. The molecular formula is C29H36N3P. The first kappa shape index (κ1) is 22.4. The summed E-state index contributed by atoms with van der Waals surface area (Å²) in [5.74, 6) is 0. The number of nitrogens with zero attached hydrogens (tertiary/aromatic N) is 3. The molecule has 1 aliphatic heterocycles. The van der Waals surface area contributed by atoms with Gasteiger partial charge in [0.2, 0.25) is 0 Å². The van der Waals surface area contributed by atoms with E-state index in [1.54, 1.807) is 0 Å². The van der Waals surface area contributed by atoms with Crippen LogP contribution < -0.4 is 5.30 Å². The molecule has 0 spiro atoms. The van der Waals surface area contributed by atoms with Crippen molar-refractivity contribution in [3.8, 4) is 0 Å². The number of hydrogen-bond donors (Lipinski definition) is 0. The first-order valence-electron chi connectivity index (χ1n) is 12.3. The second-order valence-corrected chi connectivity index (χ2v) is 14.2. The van der Waals surface area contributed by atoms with Crippen LogP contribution in [-0.4, -0.2) is 27.5 Å². The summed E-state index contributed by atoms with van der Waals surface area (Å²) in [6, 6.07) is 24.9. The maximum absolute atomic E-state index is 5.70. The number of hydrogen-bond acceptors (Lipinski definition) is 1. The molecule has 0 amide bonds. The second-order valence-electron chi connectivity index (χ2n) is 10.3. The van der Waals surface area contributed by atoms with E-state index < -0.39 is 7.21 Å². The lowest BCUT2D eigenvalue weighted by molar-refractivity contribution is 0.538. The molecule has 0 N–H and O–H groups in total. The number of rotatable bonds is 4. The Morgan fingerprint density at radius 3 is 2.18 bits per heavy atom. The molecule has 0 radical (unpaired) electrons. The van der Waals surface area contributed by atoms with E-state index in [0.717, 1.165) is 25.3 Å². The van der Waals surface area contributed by atoms with Crippen LogP contribution in [0.1, 0.15) is 46.1 Å². The van der Waals surface area contributed by atoms with Gasteiger partial charge in [0.15, 0.2) is 0 Å². The van der Waals surface area contributed by atoms with E-state index in [0.29, 0.717) is 0 Å². The van der Waals surface area contributed by atoms with E-state index in [4.69, 9.17) is 4.74 Å². The third-order valence-electron chi connectivity index (χ3n) is 7.15. The Balaban J connectivity index is 1.85. The lowest BCUT2D eigenvalue weighted by Gasteiger charge is -2.44. The Kier molecular flexibility index (Phi) is 5.75. The minimum absolute atomic E-state index is 0.0268. The minimum Gasteiger partial charge on any atom is -0.341 e. The fourth-order valence-electron chi connectivity index (χ4n) is 5.59. The molecule has 1 aliphatic rings. The van der Waals surface area contributed by atoms with E-state index in [2.05, 4.69) is 111 Å². The van der Waals surface area contributed by atoms with Crippen LogP contribution in [0.2, 0.25) is 0 Å². The lowest BCUT2D eigenvalue weighted by atomic mass is 10.1. The van der Waals surface area contributed by atoms with Gasteiger partial charge in [0.05, 0.1) is 12.9 Å². The lowest BCUT2D eigenvalue weighted by Crippen LogP contribution is -2.35. The molecule has 1 fully saturated rings. The smallest absolute Gasteiger partial charge is 0.0720 e. The topological polar surface area (TPSA) is 20.5 Å². The molecule has 4 aromatic rings. The quantitative estimate of drug-likeness (QED) is 0.284. The van der Waals surface area contributed by atoms with Gasteiger partial charge in [-0.15, -0.1) is 0 Å². The Bertz CT molecular complexity index is 1350. The van der Waals surface area contributed by atoms with Crippen LogP contribution in [0, 0.1) is 6.92 Å². The predicted octanol–water partition coefficient (Wildman–Crippen LogP) is 8.09. The normalized spacial score (nSPS) is 17.0. The van der Waals surface area contributed by atoms with Crippen LogP contribution in [0.25, 0.3) is 21.8 Å². The summed E-state index contributed by atoms with van der Waals surface area (Å²) in [5.41, 5.74) is 5.03. The summed E-state index contributed by atoms with van der Waals surface area (Å²) < 4.78 is 10.9. The maximum atomic E-state index is 5.70. The molecule has 2 heterocycles. The van der Waals surface area contributed by atoms with Crippen molar-refractivity contribution >= 4 is 40.0 Å². The van der Waals surface area contributed by atoms with Gasteiger partial charge >= 0.3 is 0 Å². The van der Waals surface area contributed by atoms with Crippen molar-refractivity contribution in [3.63, 3.8) is 0 Å². The average molecular weight is 458 g/mol. The van der Waals surface area contributed by atoms with Crippen molar-refractivity contribution in [2.24, 2.45) is 4.74 Å².